The number of likely N-dealkylation sites (N-methyl/N-ethyl adjacent to an activating group) is 1. The Balaban J connectivity index is 1.50. The molecule has 2 N–H and O–H groups in total. The second-order valence-corrected chi connectivity index (χ2v) is 12.2. The highest BCUT2D eigenvalue weighted by molar-refractivity contribution is 9.10. The quantitative estimate of drug-likeness (QED) is 0.415. The fourth-order valence-electron chi connectivity index (χ4n) is 4.99. The van der Waals surface area contributed by atoms with Crippen molar-refractivity contribution in [1.29, 1.82) is 0 Å². The summed E-state index contributed by atoms with van der Waals surface area (Å²) in [6.07, 6.45) is 3.10. The van der Waals surface area contributed by atoms with Crippen LogP contribution >= 0.6 is 39.1 Å². The van der Waals surface area contributed by atoms with Crippen molar-refractivity contribution >= 4 is 56.9 Å². The van der Waals surface area contributed by atoms with Crippen LogP contribution in [-0.4, -0.2) is 73.3 Å². The SMILES string of the molecule is CN(C)CCN1CCC[C@H]1C(=O)NC(=O)[C@H](Cc1ccc(Br)cc1)NC(=O)C1(c2ccc(Cl)cc2Cl)CC1. The average Bonchev–Trinajstić information content (AvgIpc) is 3.53. The Bertz CT molecular complexity index is 1190. The van der Waals surface area contributed by atoms with Gasteiger partial charge in [0.05, 0.1) is 11.5 Å². The number of hydrogen-bond donors (Lipinski definition) is 2. The summed E-state index contributed by atoms with van der Waals surface area (Å²) in [6, 6.07) is 11.4. The predicted molar refractivity (Wildman–Crippen MR) is 153 cm³/mol. The zero-order chi connectivity index (χ0) is 27.4. The molecule has 1 aliphatic heterocycles. The molecule has 1 aliphatic carbocycles. The van der Waals surface area contributed by atoms with Gasteiger partial charge in [0, 0.05) is 34.0 Å². The number of likely N-dealkylation sites (tertiary alicyclic amines) is 1. The van der Waals surface area contributed by atoms with E-state index in [-0.39, 0.29) is 24.3 Å². The minimum atomic E-state index is -0.923. The molecule has 38 heavy (non-hydrogen) atoms. The molecular formula is C28H33BrCl2N4O3. The van der Waals surface area contributed by atoms with E-state index in [0.717, 1.165) is 36.1 Å². The van der Waals surface area contributed by atoms with Crippen LogP contribution in [0.4, 0.5) is 0 Å². The van der Waals surface area contributed by atoms with E-state index < -0.39 is 17.4 Å². The number of hydrogen-bond acceptors (Lipinski definition) is 5. The highest BCUT2D eigenvalue weighted by atomic mass is 79.9. The zero-order valence-electron chi connectivity index (χ0n) is 21.6. The van der Waals surface area contributed by atoms with E-state index in [2.05, 4.69) is 36.4 Å². The number of carbonyl (C=O) groups is 3. The Morgan fingerprint density at radius 3 is 2.47 bits per heavy atom. The molecule has 2 aromatic rings. The summed E-state index contributed by atoms with van der Waals surface area (Å²) < 4.78 is 0.912. The fraction of sp³-hybridized carbons (Fsp3) is 0.464. The Hall–Kier alpha value is -1.97. The van der Waals surface area contributed by atoms with Gasteiger partial charge < -0.3 is 10.2 Å². The van der Waals surface area contributed by atoms with Crippen LogP contribution in [0.1, 0.15) is 36.8 Å². The predicted octanol–water partition coefficient (Wildman–Crippen LogP) is 4.18. The molecule has 204 valence electrons. The maximum Gasteiger partial charge on any atom is 0.249 e. The summed E-state index contributed by atoms with van der Waals surface area (Å²) in [4.78, 5) is 44.4. The lowest BCUT2D eigenvalue weighted by molar-refractivity contribution is -0.136. The number of halogens is 3. The lowest BCUT2D eigenvalue weighted by Crippen LogP contribution is -2.55. The molecule has 0 spiro atoms. The molecule has 2 aliphatic rings. The first-order valence-electron chi connectivity index (χ1n) is 12.8. The van der Waals surface area contributed by atoms with Crippen molar-refractivity contribution in [1.82, 2.24) is 20.4 Å². The van der Waals surface area contributed by atoms with Gasteiger partial charge in [-0.1, -0.05) is 57.3 Å². The van der Waals surface area contributed by atoms with Crippen LogP contribution < -0.4 is 10.6 Å². The van der Waals surface area contributed by atoms with Gasteiger partial charge >= 0.3 is 0 Å². The summed E-state index contributed by atoms with van der Waals surface area (Å²) in [5.41, 5.74) is 0.754. The van der Waals surface area contributed by atoms with Gasteiger partial charge in [-0.25, -0.2) is 0 Å². The van der Waals surface area contributed by atoms with Crippen molar-refractivity contribution < 1.29 is 14.4 Å². The van der Waals surface area contributed by atoms with E-state index in [1.165, 1.54) is 0 Å². The summed E-state index contributed by atoms with van der Waals surface area (Å²) in [5.74, 6) is -1.10. The van der Waals surface area contributed by atoms with Crippen molar-refractivity contribution in [2.75, 3.05) is 33.7 Å². The van der Waals surface area contributed by atoms with Crippen LogP contribution in [-0.2, 0) is 26.2 Å². The molecule has 2 fully saturated rings. The molecule has 0 bridgehead atoms. The topological polar surface area (TPSA) is 81.8 Å². The molecule has 4 rings (SSSR count). The van der Waals surface area contributed by atoms with Gasteiger partial charge in [-0.3, -0.25) is 24.6 Å². The van der Waals surface area contributed by atoms with Crippen LogP contribution in [0.3, 0.4) is 0 Å². The van der Waals surface area contributed by atoms with Crippen LogP contribution in [0.25, 0.3) is 0 Å². The van der Waals surface area contributed by atoms with Crippen molar-refractivity contribution in [3.05, 3.63) is 68.1 Å². The number of nitrogens with one attached hydrogen (secondary N) is 2. The molecule has 3 amide bonds. The Morgan fingerprint density at radius 2 is 1.84 bits per heavy atom. The molecule has 2 aromatic carbocycles. The molecule has 2 atom stereocenters. The third-order valence-corrected chi connectivity index (χ3v) is 8.43. The van der Waals surface area contributed by atoms with Gasteiger partial charge in [0.25, 0.3) is 0 Å². The highest BCUT2D eigenvalue weighted by Gasteiger charge is 2.53. The van der Waals surface area contributed by atoms with E-state index in [9.17, 15) is 14.4 Å². The largest absolute Gasteiger partial charge is 0.343 e. The monoisotopic (exact) mass is 622 g/mol. The molecule has 0 aromatic heterocycles. The second-order valence-electron chi connectivity index (χ2n) is 10.4. The Kier molecular flexibility index (Phi) is 9.53. The van der Waals surface area contributed by atoms with E-state index in [1.54, 1.807) is 18.2 Å². The lowest BCUT2D eigenvalue weighted by atomic mass is 9.94. The van der Waals surface area contributed by atoms with Crippen molar-refractivity contribution in [2.45, 2.75) is 49.6 Å². The number of amides is 3. The summed E-state index contributed by atoms with van der Waals surface area (Å²) in [7, 11) is 3.99. The van der Waals surface area contributed by atoms with E-state index in [1.807, 2.05) is 38.4 Å². The molecule has 10 heteroatoms. The molecule has 1 heterocycles. The van der Waals surface area contributed by atoms with Crippen molar-refractivity contribution in [3.8, 4) is 0 Å². The first-order chi connectivity index (χ1) is 18.1. The van der Waals surface area contributed by atoms with Crippen LogP contribution in [0, 0.1) is 0 Å². The highest BCUT2D eigenvalue weighted by Crippen LogP contribution is 2.51. The normalized spacial score (nSPS) is 19.3. The first kappa shape index (κ1) is 29.0. The minimum absolute atomic E-state index is 0.248. The lowest BCUT2D eigenvalue weighted by Gasteiger charge is -2.26. The van der Waals surface area contributed by atoms with Crippen LogP contribution in [0.5, 0.6) is 0 Å². The third-order valence-electron chi connectivity index (χ3n) is 7.35. The number of nitrogens with zero attached hydrogens (tertiary/aromatic N) is 2. The summed E-state index contributed by atoms with van der Waals surface area (Å²) >= 11 is 15.9. The van der Waals surface area contributed by atoms with Gasteiger partial charge in [0.2, 0.25) is 17.7 Å². The maximum absolute atomic E-state index is 13.6. The summed E-state index contributed by atoms with van der Waals surface area (Å²) in [6.45, 7) is 2.40. The van der Waals surface area contributed by atoms with Gasteiger partial charge in [-0.05, 0) is 81.7 Å². The zero-order valence-corrected chi connectivity index (χ0v) is 24.7. The molecular weight excluding hydrogens is 591 g/mol. The van der Waals surface area contributed by atoms with Gasteiger partial charge in [-0.15, -0.1) is 0 Å². The van der Waals surface area contributed by atoms with Gasteiger partial charge in [0.15, 0.2) is 0 Å². The number of carbonyl (C=O) groups excluding carboxylic acids is 3. The molecule has 1 saturated carbocycles. The van der Waals surface area contributed by atoms with Crippen LogP contribution in [0.15, 0.2) is 46.9 Å². The average molecular weight is 624 g/mol. The van der Waals surface area contributed by atoms with Crippen LogP contribution in [0.2, 0.25) is 10.0 Å². The molecule has 0 unspecified atom stereocenters. The standard InChI is InChI=1S/C28H33BrCl2N4O3/c1-34(2)14-15-35-13-3-4-24(35)26(37)33-25(36)23(16-18-5-7-19(29)8-6-18)32-27(38)28(11-12-28)21-10-9-20(30)17-22(21)31/h5-10,17,23-24H,3-4,11-16H2,1-2H3,(H,32,38)(H,33,36,37)/t23-,24-/m0/s1. The number of benzene rings is 2. The van der Waals surface area contributed by atoms with E-state index >= 15 is 0 Å². The first-order valence-corrected chi connectivity index (χ1v) is 14.4. The fourth-order valence-corrected chi connectivity index (χ4v) is 5.85. The van der Waals surface area contributed by atoms with Crippen molar-refractivity contribution in [3.63, 3.8) is 0 Å². The second kappa shape index (κ2) is 12.5. The minimum Gasteiger partial charge on any atom is -0.343 e. The maximum atomic E-state index is 13.6. The van der Waals surface area contributed by atoms with Gasteiger partial charge in [0.1, 0.15) is 6.04 Å². The number of rotatable bonds is 10. The van der Waals surface area contributed by atoms with E-state index in [0.29, 0.717) is 34.9 Å². The third kappa shape index (κ3) is 6.96. The van der Waals surface area contributed by atoms with E-state index in [4.69, 9.17) is 23.2 Å². The molecule has 0 radical (unpaired) electrons. The molecule has 7 nitrogen and oxygen atoms in total. The Labute approximate surface area is 242 Å². The van der Waals surface area contributed by atoms with Gasteiger partial charge in [-0.2, -0.15) is 0 Å². The Morgan fingerprint density at radius 1 is 1.13 bits per heavy atom. The van der Waals surface area contributed by atoms with Crippen molar-refractivity contribution in [2.24, 2.45) is 0 Å². The molecule has 1 saturated heterocycles. The summed E-state index contributed by atoms with van der Waals surface area (Å²) in [5, 5.41) is 6.47. The number of imide groups is 1. The smallest absolute Gasteiger partial charge is 0.249 e.